The summed E-state index contributed by atoms with van der Waals surface area (Å²) in [5.74, 6) is -0.934. The minimum absolute atomic E-state index is 0.142. The Hall–Kier alpha value is -1.82. The predicted octanol–water partition coefficient (Wildman–Crippen LogP) is 0.429. The lowest BCUT2D eigenvalue weighted by molar-refractivity contribution is -0.118. The molecule has 0 spiro atoms. The summed E-state index contributed by atoms with van der Waals surface area (Å²) < 4.78 is 24.0. The maximum Gasteiger partial charge on any atom is 0.452 e. The van der Waals surface area contributed by atoms with E-state index in [0.717, 1.165) is 0 Å². The molecule has 1 aromatic rings. The van der Waals surface area contributed by atoms with E-state index in [0.29, 0.717) is 0 Å². The Bertz CT molecular complexity index is 587. The molecule has 0 heterocycles. The van der Waals surface area contributed by atoms with Crippen molar-refractivity contribution in [3.8, 4) is 0 Å². The first-order valence-corrected chi connectivity index (χ1v) is 6.61. The summed E-state index contributed by atoms with van der Waals surface area (Å²) >= 11 is 0. The van der Waals surface area contributed by atoms with Gasteiger partial charge in [-0.25, -0.2) is 8.42 Å². The van der Waals surface area contributed by atoms with Crippen LogP contribution in [0, 0.1) is 0 Å². The molecule has 18 heavy (non-hydrogen) atoms. The van der Waals surface area contributed by atoms with Gasteiger partial charge in [-0.15, -0.1) is 4.79 Å². The summed E-state index contributed by atoms with van der Waals surface area (Å²) in [4.78, 5) is 14.0. The molecule has 0 fully saturated rings. The van der Waals surface area contributed by atoms with Crippen molar-refractivity contribution in [3.63, 3.8) is 0 Å². The van der Waals surface area contributed by atoms with Gasteiger partial charge in [-0.05, 0) is 19.1 Å². The fraction of sp³-hybridized carbons (Fsp3) is 0.273. The lowest BCUT2D eigenvalue weighted by Crippen LogP contribution is -2.28. The van der Waals surface area contributed by atoms with Crippen molar-refractivity contribution in [1.82, 2.24) is 0 Å². The summed E-state index contributed by atoms with van der Waals surface area (Å²) in [5, 5.41) is 8.09. The number of rotatable bonds is 4. The number of aliphatic hydroxyl groups excluding tert-OH is 1. The maximum absolute atomic E-state index is 12.0. The molecule has 0 amide bonds. The van der Waals surface area contributed by atoms with Gasteiger partial charge in [-0.3, -0.25) is 4.79 Å². The van der Waals surface area contributed by atoms with Crippen molar-refractivity contribution >= 4 is 20.7 Å². The van der Waals surface area contributed by atoms with Gasteiger partial charge in [0.2, 0.25) is 0 Å². The van der Waals surface area contributed by atoms with Gasteiger partial charge in [0, 0.05) is 6.42 Å². The Morgan fingerprint density at radius 3 is 2.39 bits per heavy atom. The van der Waals surface area contributed by atoms with E-state index in [2.05, 4.69) is 4.79 Å². The van der Waals surface area contributed by atoms with Crippen LogP contribution in [0.15, 0.2) is 35.2 Å². The quantitative estimate of drug-likeness (QED) is 0.369. The molecule has 0 aromatic heterocycles. The number of Topliss-reactive ketones (excluding diaryl/α,β-unsaturated/α-hetero) is 1. The fourth-order valence-electron chi connectivity index (χ4n) is 1.33. The zero-order chi connectivity index (χ0) is 13.8. The van der Waals surface area contributed by atoms with Crippen molar-refractivity contribution < 1.29 is 23.1 Å². The number of ketones is 1. The molecule has 0 saturated carbocycles. The van der Waals surface area contributed by atoms with Crippen LogP contribution in [0.4, 0.5) is 0 Å². The Morgan fingerprint density at radius 2 is 1.94 bits per heavy atom. The first-order chi connectivity index (χ1) is 8.39. The molecule has 96 valence electrons. The molecular weight excluding hydrogens is 256 g/mol. The van der Waals surface area contributed by atoms with E-state index in [1.165, 1.54) is 31.2 Å². The van der Waals surface area contributed by atoms with Crippen LogP contribution in [0.2, 0.25) is 0 Å². The van der Waals surface area contributed by atoms with Crippen LogP contribution < -0.4 is 0 Å². The largest absolute Gasteiger partial charge is 0.452 e. The first kappa shape index (κ1) is 14.2. The van der Waals surface area contributed by atoms with Crippen molar-refractivity contribution in [2.75, 3.05) is 0 Å². The number of hydrogen-bond acceptors (Lipinski definition) is 4. The average Bonchev–Trinajstić information content (AvgIpc) is 2.29. The third kappa shape index (κ3) is 3.10. The first-order valence-electron chi connectivity index (χ1n) is 5.13. The third-order valence-electron chi connectivity index (χ3n) is 2.12. The second kappa shape index (κ2) is 5.68. The predicted molar refractivity (Wildman–Crippen MR) is 63.6 cm³/mol. The van der Waals surface area contributed by atoms with Crippen molar-refractivity contribution in [1.29, 1.82) is 0 Å². The minimum Gasteiger partial charge on any atom is -0.393 e. The molecule has 6 nitrogen and oxygen atoms in total. The number of aliphatic hydroxyl groups is 1. The van der Waals surface area contributed by atoms with Crippen LogP contribution in [-0.2, 0) is 14.6 Å². The zero-order valence-electron chi connectivity index (χ0n) is 9.65. The van der Waals surface area contributed by atoms with Crippen molar-refractivity contribution in [2.24, 2.45) is 0 Å². The molecule has 1 N–H and O–H groups in total. The summed E-state index contributed by atoms with van der Waals surface area (Å²) in [5.41, 5.74) is 8.71. The highest BCUT2D eigenvalue weighted by molar-refractivity contribution is 8.08. The Balaban J connectivity index is 3.19. The van der Waals surface area contributed by atoms with Gasteiger partial charge in [0.05, 0.1) is 11.0 Å². The van der Waals surface area contributed by atoms with Crippen molar-refractivity contribution in [2.45, 2.75) is 24.3 Å². The molecule has 7 heteroatoms. The molecule has 0 bridgehead atoms. The molecule has 1 unspecified atom stereocenters. The minimum atomic E-state index is -4.16. The summed E-state index contributed by atoms with van der Waals surface area (Å²) in [7, 11) is -4.16. The fourth-order valence-corrected chi connectivity index (χ4v) is 2.56. The number of sulfone groups is 1. The van der Waals surface area contributed by atoms with E-state index in [1.54, 1.807) is 6.07 Å². The van der Waals surface area contributed by atoms with Gasteiger partial charge in [0.15, 0.2) is 0 Å². The van der Waals surface area contributed by atoms with E-state index < -0.39 is 33.2 Å². The number of carbonyl (C=O) groups is 1. The summed E-state index contributed by atoms with van der Waals surface area (Å²) in [6.07, 6.45) is -1.44. The molecule has 1 rings (SSSR count). The third-order valence-corrected chi connectivity index (χ3v) is 3.83. The monoisotopic (exact) mass is 268 g/mol. The SMILES string of the molecule is CC(O)CC(=O)C(=[N+]=[N-])S(=O)(=O)c1ccccc1. The normalized spacial score (nSPS) is 12.6. The number of hydrogen-bond donors (Lipinski definition) is 1. The molecule has 0 aliphatic rings. The van der Waals surface area contributed by atoms with Gasteiger partial charge in [-0.1, -0.05) is 18.2 Å². The highest BCUT2D eigenvalue weighted by atomic mass is 32.2. The van der Waals surface area contributed by atoms with E-state index in [9.17, 15) is 13.2 Å². The van der Waals surface area contributed by atoms with Crippen molar-refractivity contribution in [3.05, 3.63) is 35.9 Å². The molecule has 0 aliphatic carbocycles. The number of carbonyl (C=O) groups excluding carboxylic acids is 1. The molecule has 0 aliphatic heterocycles. The van der Waals surface area contributed by atoms with Gasteiger partial charge in [0.1, 0.15) is 0 Å². The van der Waals surface area contributed by atoms with Gasteiger partial charge >= 0.3 is 5.04 Å². The topological polar surface area (TPSA) is 108 Å². The van der Waals surface area contributed by atoms with E-state index in [4.69, 9.17) is 10.6 Å². The Morgan fingerprint density at radius 1 is 1.39 bits per heavy atom. The second-order valence-electron chi connectivity index (χ2n) is 3.70. The molecule has 0 radical (unpaired) electrons. The summed E-state index contributed by atoms with van der Waals surface area (Å²) in [6, 6.07) is 7.17. The van der Waals surface area contributed by atoms with Crippen LogP contribution in [0.25, 0.3) is 5.53 Å². The Kier molecular flexibility index (Phi) is 4.49. The highest BCUT2D eigenvalue weighted by Gasteiger charge is 2.37. The van der Waals surface area contributed by atoms with Crippen LogP contribution >= 0.6 is 0 Å². The average molecular weight is 268 g/mol. The smallest absolute Gasteiger partial charge is 0.393 e. The highest BCUT2D eigenvalue weighted by Crippen LogP contribution is 2.12. The lowest BCUT2D eigenvalue weighted by atomic mass is 10.2. The maximum atomic E-state index is 12.0. The van der Waals surface area contributed by atoms with E-state index in [1.807, 2.05) is 0 Å². The molecule has 1 atom stereocenters. The molecule has 0 saturated heterocycles. The number of benzene rings is 1. The van der Waals surface area contributed by atoms with E-state index in [-0.39, 0.29) is 4.90 Å². The van der Waals surface area contributed by atoms with Gasteiger partial charge < -0.3 is 10.6 Å². The van der Waals surface area contributed by atoms with Crippen LogP contribution in [0.1, 0.15) is 13.3 Å². The van der Waals surface area contributed by atoms with Gasteiger partial charge in [-0.2, -0.15) is 0 Å². The Labute approximate surface area is 104 Å². The zero-order valence-corrected chi connectivity index (χ0v) is 10.5. The summed E-state index contributed by atoms with van der Waals surface area (Å²) in [6.45, 7) is 1.34. The molecule has 1 aromatic carbocycles. The van der Waals surface area contributed by atoms with Gasteiger partial charge in [0.25, 0.3) is 15.6 Å². The van der Waals surface area contributed by atoms with E-state index >= 15 is 0 Å². The van der Waals surface area contributed by atoms with Crippen LogP contribution in [0.3, 0.4) is 0 Å². The molecular formula is C11H12N2O4S. The van der Waals surface area contributed by atoms with Crippen LogP contribution in [0.5, 0.6) is 0 Å². The lowest BCUT2D eigenvalue weighted by Gasteiger charge is -2.01. The van der Waals surface area contributed by atoms with Crippen LogP contribution in [-0.4, -0.2) is 35.2 Å². The number of nitrogens with zero attached hydrogens (tertiary/aromatic N) is 2. The standard InChI is InChI=1S/C11H12N2O4S/c1-8(14)7-10(15)11(13-12)18(16,17)9-5-3-2-4-6-9/h2-6,8,14H,7H2,1H3. The second-order valence-corrected chi connectivity index (χ2v) is 5.56.